The number of ether oxygens (including phenoxy) is 3. The van der Waals surface area contributed by atoms with Gasteiger partial charge in [-0.25, -0.2) is 19.6 Å². The second-order valence-corrected chi connectivity index (χ2v) is 12.2. The van der Waals surface area contributed by atoms with Gasteiger partial charge in [-0.15, -0.1) is 0 Å². The average molecular weight is 667 g/mol. The lowest BCUT2D eigenvalue weighted by Gasteiger charge is -2.40. The van der Waals surface area contributed by atoms with Crippen LogP contribution in [0.3, 0.4) is 0 Å². The lowest BCUT2D eigenvalue weighted by Crippen LogP contribution is -2.50. The number of amides is 2. The molecule has 1 aromatic heterocycles. The Hall–Kier alpha value is -4.88. The summed E-state index contributed by atoms with van der Waals surface area (Å²) < 4.78 is 18.0. The maximum Gasteiger partial charge on any atom is 0.328 e. The van der Waals surface area contributed by atoms with Crippen LogP contribution < -0.4 is 15.5 Å². The number of piperazine rings is 1. The molecule has 3 aromatic carbocycles. The van der Waals surface area contributed by atoms with Gasteiger partial charge < -0.3 is 34.9 Å². The van der Waals surface area contributed by atoms with Crippen molar-refractivity contribution in [2.45, 2.75) is 44.0 Å². The molecular weight excluding hydrogens is 624 g/mol. The predicted octanol–water partition coefficient (Wildman–Crippen LogP) is 4.24. The SMILES string of the molecule is COC(=O)[C@H](Cc1ccccc1)NC(=O)Nc1ccc([C@H]2O[C@@H](CN3CCN(c4ncccn4)CC3)C[C@@H](c3ccc(CO)cc3)O2)cc1. The Labute approximate surface area is 286 Å². The fourth-order valence-corrected chi connectivity index (χ4v) is 6.14. The lowest BCUT2D eigenvalue weighted by atomic mass is 9.99. The van der Waals surface area contributed by atoms with Gasteiger partial charge in [0, 0.05) is 69.2 Å². The molecular formula is C37H42N6O6. The molecule has 3 heterocycles. The highest BCUT2D eigenvalue weighted by Gasteiger charge is 2.34. The first-order valence-corrected chi connectivity index (χ1v) is 16.5. The molecule has 0 radical (unpaired) electrons. The van der Waals surface area contributed by atoms with Crippen LogP contribution >= 0.6 is 0 Å². The molecule has 2 saturated heterocycles. The minimum Gasteiger partial charge on any atom is -0.467 e. The van der Waals surface area contributed by atoms with Crippen LogP contribution in [0.1, 0.15) is 41.1 Å². The molecule has 0 bridgehead atoms. The predicted molar refractivity (Wildman–Crippen MR) is 184 cm³/mol. The first-order chi connectivity index (χ1) is 24.0. The minimum absolute atomic E-state index is 0.0189. The summed E-state index contributed by atoms with van der Waals surface area (Å²) in [7, 11) is 1.30. The highest BCUT2D eigenvalue weighted by molar-refractivity contribution is 5.92. The molecule has 4 atom stereocenters. The number of nitrogens with zero attached hydrogens (tertiary/aromatic N) is 4. The Morgan fingerprint density at radius 1 is 0.878 bits per heavy atom. The van der Waals surface area contributed by atoms with Crippen LogP contribution in [0, 0.1) is 0 Å². The van der Waals surface area contributed by atoms with E-state index in [9.17, 15) is 14.7 Å². The average Bonchev–Trinajstić information content (AvgIpc) is 3.15. The molecule has 2 aliphatic heterocycles. The van der Waals surface area contributed by atoms with Crippen molar-refractivity contribution in [2.75, 3.05) is 50.1 Å². The number of hydrogen-bond acceptors (Lipinski definition) is 10. The molecule has 3 N–H and O–H groups in total. The number of nitrogens with one attached hydrogen (secondary N) is 2. The molecule has 6 rings (SSSR count). The summed E-state index contributed by atoms with van der Waals surface area (Å²) in [5.74, 6) is 0.227. The molecule has 2 amide bonds. The van der Waals surface area contributed by atoms with Gasteiger partial charge >= 0.3 is 12.0 Å². The largest absolute Gasteiger partial charge is 0.467 e. The van der Waals surface area contributed by atoms with Crippen molar-refractivity contribution < 1.29 is 28.9 Å². The smallest absolute Gasteiger partial charge is 0.328 e. The number of methoxy groups -OCH3 is 1. The van der Waals surface area contributed by atoms with Crippen molar-refractivity contribution in [2.24, 2.45) is 0 Å². The summed E-state index contributed by atoms with van der Waals surface area (Å²) in [6.07, 6.45) is 3.59. The van der Waals surface area contributed by atoms with Gasteiger partial charge in [-0.2, -0.15) is 0 Å². The zero-order valence-corrected chi connectivity index (χ0v) is 27.5. The summed E-state index contributed by atoms with van der Waals surface area (Å²) in [6.45, 7) is 4.12. The van der Waals surface area contributed by atoms with Gasteiger partial charge in [0.15, 0.2) is 6.29 Å². The number of hydrogen-bond donors (Lipinski definition) is 3. The van der Waals surface area contributed by atoms with E-state index in [-0.39, 0.29) is 18.8 Å². The first kappa shape index (κ1) is 34.0. The fourth-order valence-electron chi connectivity index (χ4n) is 6.14. The van der Waals surface area contributed by atoms with Gasteiger partial charge in [-0.05, 0) is 34.9 Å². The van der Waals surface area contributed by atoms with Crippen LogP contribution in [0.4, 0.5) is 16.4 Å². The Kier molecular flexibility index (Phi) is 11.4. The van der Waals surface area contributed by atoms with E-state index in [2.05, 4.69) is 30.4 Å². The molecule has 0 saturated carbocycles. The van der Waals surface area contributed by atoms with E-state index >= 15 is 0 Å². The van der Waals surface area contributed by atoms with Crippen molar-refractivity contribution >= 4 is 23.6 Å². The molecule has 12 nitrogen and oxygen atoms in total. The molecule has 0 unspecified atom stereocenters. The summed E-state index contributed by atoms with van der Waals surface area (Å²) in [5.41, 5.74) is 4.13. The Morgan fingerprint density at radius 3 is 2.24 bits per heavy atom. The number of urea groups is 1. The molecule has 2 fully saturated rings. The van der Waals surface area contributed by atoms with Crippen molar-refractivity contribution in [1.82, 2.24) is 20.2 Å². The maximum atomic E-state index is 12.9. The zero-order valence-electron chi connectivity index (χ0n) is 27.5. The third-order valence-corrected chi connectivity index (χ3v) is 8.80. The topological polar surface area (TPSA) is 138 Å². The van der Waals surface area contributed by atoms with Crippen LogP contribution in [0.5, 0.6) is 0 Å². The number of carbonyl (C=O) groups excluding carboxylic acids is 2. The molecule has 49 heavy (non-hydrogen) atoms. The number of aliphatic hydroxyl groups is 1. The zero-order chi connectivity index (χ0) is 34.0. The third kappa shape index (κ3) is 9.18. The van der Waals surface area contributed by atoms with Crippen molar-refractivity contribution in [1.29, 1.82) is 0 Å². The second kappa shape index (κ2) is 16.5. The van der Waals surface area contributed by atoms with E-state index in [1.54, 1.807) is 24.5 Å². The minimum atomic E-state index is -0.842. The van der Waals surface area contributed by atoms with Crippen molar-refractivity contribution in [3.63, 3.8) is 0 Å². The van der Waals surface area contributed by atoms with Crippen LogP contribution in [-0.2, 0) is 32.0 Å². The highest BCUT2D eigenvalue weighted by Crippen LogP contribution is 2.38. The number of esters is 1. The van der Waals surface area contributed by atoms with E-state index < -0.39 is 24.3 Å². The summed E-state index contributed by atoms with van der Waals surface area (Å²) >= 11 is 0. The van der Waals surface area contributed by atoms with Gasteiger partial charge in [-0.1, -0.05) is 66.7 Å². The molecule has 0 spiro atoms. The number of anilines is 2. The van der Waals surface area contributed by atoms with E-state index in [1.165, 1.54) is 7.11 Å². The van der Waals surface area contributed by atoms with Gasteiger partial charge in [-0.3, -0.25) is 4.90 Å². The maximum absolute atomic E-state index is 12.9. The third-order valence-electron chi connectivity index (χ3n) is 8.80. The first-order valence-electron chi connectivity index (χ1n) is 16.5. The molecule has 2 aliphatic rings. The van der Waals surface area contributed by atoms with E-state index in [0.29, 0.717) is 18.5 Å². The standard InChI is InChI=1S/C37H42N6O6/c1-47-34(45)32(22-26-6-3-2-4-7-26)41-37(46)40-30-14-12-29(13-15-30)35-48-31(23-33(49-35)28-10-8-27(25-44)9-11-28)24-42-18-20-43(21-19-42)36-38-16-5-17-39-36/h2-17,31-33,35,44H,18-25H2,1H3,(H2,40,41,46)/t31-,32+,33+,35+/m1/s1. The van der Waals surface area contributed by atoms with Crippen molar-refractivity contribution in [3.05, 3.63) is 120 Å². The Bertz CT molecular complexity index is 1640. The van der Waals surface area contributed by atoms with Crippen molar-refractivity contribution in [3.8, 4) is 0 Å². The summed E-state index contributed by atoms with van der Waals surface area (Å²) in [4.78, 5) is 38.7. The van der Waals surface area contributed by atoms with Gasteiger partial charge in [0.2, 0.25) is 5.95 Å². The number of aliphatic hydroxyl groups excluding tert-OH is 1. The molecule has 0 aliphatic carbocycles. The highest BCUT2D eigenvalue weighted by atomic mass is 16.7. The Morgan fingerprint density at radius 2 is 1.57 bits per heavy atom. The number of benzene rings is 3. The van der Waals surface area contributed by atoms with Crippen LogP contribution in [0.25, 0.3) is 0 Å². The number of aromatic nitrogens is 2. The van der Waals surface area contributed by atoms with Gasteiger partial charge in [0.1, 0.15) is 6.04 Å². The normalized spacial score (nSPS) is 20.3. The lowest BCUT2D eigenvalue weighted by molar-refractivity contribution is -0.253. The van der Waals surface area contributed by atoms with Crippen LogP contribution in [0.2, 0.25) is 0 Å². The number of carbonyl (C=O) groups is 2. The van der Waals surface area contributed by atoms with Crippen LogP contribution in [-0.4, -0.2) is 84.0 Å². The van der Waals surface area contributed by atoms with Crippen LogP contribution in [0.15, 0.2) is 97.3 Å². The fraction of sp³-hybridized carbons (Fsp3) is 0.351. The second-order valence-electron chi connectivity index (χ2n) is 12.2. The van der Waals surface area contributed by atoms with E-state index in [4.69, 9.17) is 14.2 Å². The van der Waals surface area contributed by atoms with E-state index in [0.717, 1.165) is 60.9 Å². The Balaban J connectivity index is 1.10. The quantitative estimate of drug-likeness (QED) is 0.199. The van der Waals surface area contributed by atoms with Gasteiger partial charge in [0.25, 0.3) is 0 Å². The molecule has 12 heteroatoms. The van der Waals surface area contributed by atoms with E-state index in [1.807, 2.05) is 72.8 Å². The summed E-state index contributed by atoms with van der Waals surface area (Å²) in [6, 6.07) is 25.0. The molecule has 4 aromatic rings. The summed E-state index contributed by atoms with van der Waals surface area (Å²) in [5, 5.41) is 15.1. The number of rotatable bonds is 11. The van der Waals surface area contributed by atoms with Gasteiger partial charge in [0.05, 0.1) is 25.9 Å². The monoisotopic (exact) mass is 666 g/mol. The molecule has 256 valence electrons.